The first-order chi connectivity index (χ1) is 18.4. The molecule has 1 amide bonds. The Kier molecular flexibility index (Phi) is 7.27. The van der Waals surface area contributed by atoms with Gasteiger partial charge < -0.3 is 20.2 Å². The third kappa shape index (κ3) is 5.99. The van der Waals surface area contributed by atoms with Crippen molar-refractivity contribution in [3.05, 3.63) is 35.5 Å². The van der Waals surface area contributed by atoms with Crippen molar-refractivity contribution in [2.45, 2.75) is 50.3 Å². The van der Waals surface area contributed by atoms with Crippen molar-refractivity contribution in [1.82, 2.24) is 14.7 Å². The molecule has 13 heteroatoms. The highest BCUT2D eigenvalue weighted by molar-refractivity contribution is 7.89. The molecule has 10 nitrogen and oxygen atoms in total. The first kappa shape index (κ1) is 27.7. The summed E-state index contributed by atoms with van der Waals surface area (Å²) in [6.07, 6.45) is 1.48. The van der Waals surface area contributed by atoms with Crippen molar-refractivity contribution >= 4 is 33.4 Å². The number of benzene rings is 1. The molecule has 2 atom stereocenters. The molecule has 3 N–H and O–H groups in total. The number of sulfonamides is 1. The second-order valence-corrected chi connectivity index (χ2v) is 12.8. The molecule has 3 aliphatic rings. The normalized spacial score (nSPS) is 24.3. The second kappa shape index (κ2) is 10.3. The van der Waals surface area contributed by atoms with Crippen molar-refractivity contribution in [2.24, 2.45) is 11.3 Å². The summed E-state index contributed by atoms with van der Waals surface area (Å²) in [6, 6.07) is 5.96. The molecule has 1 aromatic heterocycles. The van der Waals surface area contributed by atoms with E-state index in [0.29, 0.717) is 34.8 Å². The summed E-state index contributed by atoms with van der Waals surface area (Å²) < 4.78 is 55.2. The molecular weight excluding hydrogens is 530 g/mol. The number of amides is 1. The number of nitrogens with zero attached hydrogens (tertiary/aromatic N) is 4. The molecule has 2 aromatic rings. The maximum atomic E-state index is 13.6. The lowest BCUT2D eigenvalue weighted by Crippen LogP contribution is -2.40. The number of aryl methyl sites for hydroxylation is 1. The zero-order chi connectivity index (χ0) is 28.0. The molecule has 1 aromatic carbocycles. The second-order valence-electron chi connectivity index (χ2n) is 11.0. The largest absolute Gasteiger partial charge is 0.395 e. The van der Waals surface area contributed by atoms with E-state index in [1.807, 2.05) is 0 Å². The SMILES string of the molecule is Cc1cc(NC(=O)c2ccc(S(=O)(=O)NCCO)cc2N2CC[C@@]3(C)C[C@H]3C2)nc(N2CCC(F)(F)CC2)n1. The fourth-order valence-electron chi connectivity index (χ4n) is 5.43. The maximum Gasteiger partial charge on any atom is 0.258 e. The van der Waals surface area contributed by atoms with E-state index in [1.165, 1.54) is 18.2 Å². The first-order valence-corrected chi connectivity index (χ1v) is 14.7. The van der Waals surface area contributed by atoms with E-state index in [2.05, 4.69) is 31.8 Å². The van der Waals surface area contributed by atoms with Crippen LogP contribution in [0, 0.1) is 18.3 Å². The molecule has 0 unspecified atom stereocenters. The number of piperidine rings is 2. The Balaban J connectivity index is 1.42. The van der Waals surface area contributed by atoms with Gasteiger partial charge in [0, 0.05) is 57.3 Å². The summed E-state index contributed by atoms with van der Waals surface area (Å²) in [5.41, 5.74) is 1.69. The predicted molar refractivity (Wildman–Crippen MR) is 143 cm³/mol. The monoisotopic (exact) mass is 564 g/mol. The van der Waals surface area contributed by atoms with Crippen LogP contribution in [0.3, 0.4) is 0 Å². The van der Waals surface area contributed by atoms with E-state index >= 15 is 0 Å². The van der Waals surface area contributed by atoms with Crippen LogP contribution in [-0.2, 0) is 10.0 Å². The van der Waals surface area contributed by atoms with Crippen molar-refractivity contribution in [3.8, 4) is 0 Å². The number of hydrogen-bond donors (Lipinski definition) is 3. The van der Waals surface area contributed by atoms with Gasteiger partial charge in [-0.1, -0.05) is 6.92 Å². The lowest BCUT2D eigenvalue weighted by molar-refractivity contribution is -0.0222. The summed E-state index contributed by atoms with van der Waals surface area (Å²) >= 11 is 0. The molecule has 39 heavy (non-hydrogen) atoms. The van der Waals surface area contributed by atoms with Crippen molar-refractivity contribution in [1.29, 1.82) is 0 Å². The van der Waals surface area contributed by atoms with Crippen molar-refractivity contribution in [3.63, 3.8) is 0 Å². The Morgan fingerprint density at radius 3 is 2.54 bits per heavy atom. The molecular formula is C26H34F2N6O4S. The number of halogens is 2. The zero-order valence-electron chi connectivity index (χ0n) is 22.1. The fraction of sp³-hybridized carbons (Fsp3) is 0.577. The zero-order valence-corrected chi connectivity index (χ0v) is 22.9. The lowest BCUT2D eigenvalue weighted by atomic mass is 9.96. The Bertz CT molecular complexity index is 1360. The summed E-state index contributed by atoms with van der Waals surface area (Å²) in [4.78, 5) is 26.1. The van der Waals surface area contributed by atoms with Crippen LogP contribution in [-0.4, -0.2) is 74.7 Å². The molecule has 2 aliphatic heterocycles. The van der Waals surface area contributed by atoms with Gasteiger partial charge in [-0.05, 0) is 49.3 Å². The van der Waals surface area contributed by atoms with Crippen LogP contribution in [0.1, 0.15) is 48.7 Å². The van der Waals surface area contributed by atoms with E-state index in [1.54, 1.807) is 17.9 Å². The molecule has 3 fully saturated rings. The van der Waals surface area contributed by atoms with Crippen molar-refractivity contribution in [2.75, 3.05) is 54.4 Å². The number of carbonyl (C=O) groups is 1. The molecule has 212 valence electrons. The van der Waals surface area contributed by atoms with Crippen molar-refractivity contribution < 1.29 is 27.1 Å². The van der Waals surface area contributed by atoms with Crippen LogP contribution in [0.25, 0.3) is 0 Å². The molecule has 0 spiro atoms. The van der Waals surface area contributed by atoms with E-state index in [0.717, 1.165) is 19.4 Å². The van der Waals surface area contributed by atoms with Gasteiger partial charge in [-0.15, -0.1) is 0 Å². The molecule has 2 saturated heterocycles. The number of rotatable bonds is 8. The van der Waals surface area contributed by atoms with Gasteiger partial charge in [0.1, 0.15) is 5.82 Å². The van der Waals surface area contributed by atoms with Crippen LogP contribution in [0.4, 0.5) is 26.2 Å². The van der Waals surface area contributed by atoms with Crippen LogP contribution >= 0.6 is 0 Å². The van der Waals surface area contributed by atoms with Crippen LogP contribution in [0.15, 0.2) is 29.2 Å². The minimum absolute atomic E-state index is 0.00805. The number of aromatic nitrogens is 2. The van der Waals surface area contributed by atoms with E-state index in [-0.39, 0.29) is 55.7 Å². The Labute approximate surface area is 226 Å². The molecule has 1 aliphatic carbocycles. The number of alkyl halides is 2. The number of hydrogen-bond acceptors (Lipinski definition) is 8. The van der Waals surface area contributed by atoms with E-state index < -0.39 is 21.9 Å². The summed E-state index contributed by atoms with van der Waals surface area (Å²) in [5.74, 6) is -2.16. The molecule has 0 bridgehead atoms. The highest BCUT2D eigenvalue weighted by Crippen LogP contribution is 2.58. The summed E-state index contributed by atoms with van der Waals surface area (Å²) in [6.45, 7) is 5.18. The molecule has 0 radical (unpaired) electrons. The number of carbonyl (C=O) groups excluding carboxylic acids is 1. The standard InChI is InChI=1S/C26H34F2N6O4S/c1-17-13-22(32-24(30-17)33-10-6-26(27,28)7-11-33)31-23(36)20-4-3-19(39(37,38)29-8-12-35)14-21(20)34-9-5-25(2)15-18(25)16-34/h3-4,13-14,18,29,35H,5-12,15-16H2,1-2H3,(H,30,31,32,36)/t18-,25-/m0/s1. The van der Waals surface area contributed by atoms with Crippen LogP contribution < -0.4 is 19.8 Å². The molecule has 5 rings (SSSR count). The topological polar surface area (TPSA) is 128 Å². The number of aliphatic hydroxyl groups is 1. The minimum Gasteiger partial charge on any atom is -0.395 e. The number of anilines is 3. The lowest BCUT2D eigenvalue weighted by Gasteiger charge is -2.33. The smallest absolute Gasteiger partial charge is 0.258 e. The van der Waals surface area contributed by atoms with Gasteiger partial charge in [-0.25, -0.2) is 26.9 Å². The minimum atomic E-state index is -3.88. The highest BCUT2D eigenvalue weighted by Gasteiger charge is 2.52. The van der Waals surface area contributed by atoms with Crippen LogP contribution in [0.2, 0.25) is 0 Å². The Hall–Kier alpha value is -2.90. The van der Waals surface area contributed by atoms with Gasteiger partial charge in [0.05, 0.1) is 22.8 Å². The average Bonchev–Trinajstić information content (AvgIpc) is 3.57. The molecule has 3 heterocycles. The number of fused-ring (bicyclic) bond motifs is 1. The third-order valence-electron chi connectivity index (χ3n) is 8.06. The molecule has 1 saturated carbocycles. The van der Waals surface area contributed by atoms with Gasteiger partial charge in [-0.3, -0.25) is 4.79 Å². The highest BCUT2D eigenvalue weighted by atomic mass is 32.2. The van der Waals surface area contributed by atoms with Gasteiger partial charge in [0.2, 0.25) is 16.0 Å². The van der Waals surface area contributed by atoms with E-state index in [9.17, 15) is 22.0 Å². The van der Waals surface area contributed by atoms with Gasteiger partial charge in [0.25, 0.3) is 11.8 Å². The Morgan fingerprint density at radius 2 is 1.85 bits per heavy atom. The van der Waals surface area contributed by atoms with Crippen LogP contribution in [0.5, 0.6) is 0 Å². The quantitative estimate of drug-likeness (QED) is 0.447. The summed E-state index contributed by atoms with van der Waals surface area (Å²) in [7, 11) is -3.88. The fourth-order valence-corrected chi connectivity index (χ4v) is 6.47. The Morgan fingerprint density at radius 1 is 1.13 bits per heavy atom. The van der Waals surface area contributed by atoms with Gasteiger partial charge in [-0.2, -0.15) is 4.98 Å². The summed E-state index contributed by atoms with van der Waals surface area (Å²) in [5, 5.41) is 11.9. The third-order valence-corrected chi connectivity index (χ3v) is 9.52. The predicted octanol–water partition coefficient (Wildman–Crippen LogP) is 2.78. The van der Waals surface area contributed by atoms with Gasteiger partial charge >= 0.3 is 0 Å². The number of nitrogens with one attached hydrogen (secondary N) is 2. The maximum absolute atomic E-state index is 13.6. The first-order valence-electron chi connectivity index (χ1n) is 13.2. The van der Waals surface area contributed by atoms with Gasteiger partial charge in [0.15, 0.2) is 0 Å². The van der Waals surface area contributed by atoms with E-state index in [4.69, 9.17) is 5.11 Å². The number of aliphatic hydroxyl groups excluding tert-OH is 1. The average molecular weight is 565 g/mol.